The number of thiazole rings is 1. The Labute approximate surface area is 180 Å². The van der Waals surface area contributed by atoms with E-state index in [1.54, 1.807) is 18.2 Å². The number of halogens is 3. The second-order valence-corrected chi connectivity index (χ2v) is 10.3. The fraction of sp³-hybridized carbons (Fsp3) is 0.263. The van der Waals surface area contributed by atoms with E-state index < -0.39 is 21.7 Å². The molecule has 0 saturated carbocycles. The fourth-order valence-electron chi connectivity index (χ4n) is 3.30. The molecular weight excluding hydrogens is 456 g/mol. The van der Waals surface area contributed by atoms with Crippen LogP contribution in [0.4, 0.5) is 13.9 Å². The standard InChI is InChI=1S/C19H16ClF2N3O3S2/c20-12-1-4-16-17(9-12)29-19(23-16)24-18(26)11-5-7-25(8-6-11)30(27,28)13-2-3-14(21)15(22)10-13/h1-4,9-11H,5-8H2,(H,23,24,26). The second-order valence-electron chi connectivity index (χ2n) is 6.87. The van der Waals surface area contributed by atoms with Gasteiger partial charge in [0.25, 0.3) is 0 Å². The Kier molecular flexibility index (Phi) is 5.75. The zero-order valence-corrected chi connectivity index (χ0v) is 17.8. The lowest BCUT2D eigenvalue weighted by atomic mass is 9.97. The Morgan fingerprint density at radius 3 is 2.57 bits per heavy atom. The number of nitrogens with zero attached hydrogens (tertiary/aromatic N) is 2. The highest BCUT2D eigenvalue weighted by Gasteiger charge is 2.32. The van der Waals surface area contributed by atoms with Crippen molar-refractivity contribution < 1.29 is 22.0 Å². The molecule has 0 spiro atoms. The number of carbonyl (C=O) groups is 1. The number of aromatic nitrogens is 1. The second kappa shape index (κ2) is 8.18. The van der Waals surface area contributed by atoms with E-state index in [9.17, 15) is 22.0 Å². The van der Waals surface area contributed by atoms with Crippen LogP contribution in [0.1, 0.15) is 12.8 Å². The Bertz CT molecular complexity index is 1220. The van der Waals surface area contributed by atoms with E-state index in [1.807, 2.05) is 0 Å². The number of rotatable bonds is 4. The topological polar surface area (TPSA) is 79.4 Å². The summed E-state index contributed by atoms with van der Waals surface area (Å²) in [4.78, 5) is 16.6. The predicted octanol–water partition coefficient (Wildman–Crippen LogP) is 4.27. The molecule has 1 saturated heterocycles. The first kappa shape index (κ1) is 21.1. The number of sulfonamides is 1. The Balaban J connectivity index is 1.40. The molecule has 11 heteroatoms. The third-order valence-electron chi connectivity index (χ3n) is 4.93. The first-order valence-corrected chi connectivity index (χ1v) is 11.7. The zero-order valence-electron chi connectivity index (χ0n) is 15.4. The lowest BCUT2D eigenvalue weighted by molar-refractivity contribution is -0.120. The largest absolute Gasteiger partial charge is 0.302 e. The first-order valence-electron chi connectivity index (χ1n) is 9.06. The van der Waals surface area contributed by atoms with Crippen LogP contribution in [0.15, 0.2) is 41.3 Å². The van der Waals surface area contributed by atoms with Gasteiger partial charge in [-0.3, -0.25) is 4.79 Å². The maximum atomic E-state index is 13.4. The summed E-state index contributed by atoms with van der Waals surface area (Å²) in [5.41, 5.74) is 0.729. The molecule has 0 aliphatic carbocycles. The lowest BCUT2D eigenvalue weighted by Crippen LogP contribution is -2.41. The van der Waals surface area contributed by atoms with E-state index in [-0.39, 0.29) is 29.8 Å². The van der Waals surface area contributed by atoms with Gasteiger partial charge >= 0.3 is 0 Å². The Morgan fingerprint density at radius 1 is 1.13 bits per heavy atom. The van der Waals surface area contributed by atoms with Gasteiger partial charge in [0.05, 0.1) is 15.1 Å². The van der Waals surface area contributed by atoms with E-state index in [0.29, 0.717) is 29.1 Å². The molecule has 0 atom stereocenters. The van der Waals surface area contributed by atoms with Crippen molar-refractivity contribution >= 4 is 54.2 Å². The molecule has 6 nitrogen and oxygen atoms in total. The van der Waals surface area contributed by atoms with Crippen LogP contribution >= 0.6 is 22.9 Å². The van der Waals surface area contributed by atoms with Crippen LogP contribution in [0.3, 0.4) is 0 Å². The molecule has 0 bridgehead atoms. The minimum Gasteiger partial charge on any atom is -0.302 e. The summed E-state index contributed by atoms with van der Waals surface area (Å²) < 4.78 is 53.9. The van der Waals surface area contributed by atoms with Gasteiger partial charge in [0, 0.05) is 24.0 Å². The summed E-state index contributed by atoms with van der Waals surface area (Å²) in [5, 5.41) is 3.82. The average Bonchev–Trinajstić information content (AvgIpc) is 3.11. The van der Waals surface area contributed by atoms with Crippen LogP contribution in [0.5, 0.6) is 0 Å². The number of benzene rings is 2. The van der Waals surface area contributed by atoms with Crippen molar-refractivity contribution in [3.8, 4) is 0 Å². The average molecular weight is 472 g/mol. The molecule has 1 aliphatic rings. The molecule has 1 aliphatic heterocycles. The number of amides is 1. The van der Waals surface area contributed by atoms with E-state index in [1.165, 1.54) is 15.6 Å². The summed E-state index contributed by atoms with van der Waals surface area (Å²) in [6, 6.07) is 7.75. The van der Waals surface area contributed by atoms with E-state index >= 15 is 0 Å². The van der Waals surface area contributed by atoms with Crippen LogP contribution in [0, 0.1) is 17.6 Å². The van der Waals surface area contributed by atoms with Crippen LogP contribution in [0.2, 0.25) is 5.02 Å². The van der Waals surface area contributed by atoms with Gasteiger partial charge in [-0.1, -0.05) is 22.9 Å². The fourth-order valence-corrected chi connectivity index (χ4v) is 5.93. The summed E-state index contributed by atoms with van der Waals surface area (Å²) in [6.07, 6.45) is 0.622. The van der Waals surface area contributed by atoms with Gasteiger partial charge in [-0.15, -0.1) is 0 Å². The highest BCUT2D eigenvalue weighted by molar-refractivity contribution is 7.89. The highest BCUT2D eigenvalue weighted by Crippen LogP contribution is 2.30. The van der Waals surface area contributed by atoms with Gasteiger partial charge in [-0.05, 0) is 49.2 Å². The van der Waals surface area contributed by atoms with Crippen molar-refractivity contribution in [2.75, 3.05) is 18.4 Å². The van der Waals surface area contributed by atoms with Crippen LogP contribution in [0.25, 0.3) is 10.2 Å². The Hall–Kier alpha value is -2.14. The van der Waals surface area contributed by atoms with Crippen LogP contribution in [-0.2, 0) is 14.8 Å². The van der Waals surface area contributed by atoms with Crippen molar-refractivity contribution in [1.29, 1.82) is 0 Å². The molecule has 4 rings (SSSR count). The SMILES string of the molecule is O=C(Nc1nc2ccc(Cl)cc2s1)C1CCN(S(=O)(=O)c2ccc(F)c(F)c2)CC1. The normalized spacial score (nSPS) is 16.1. The zero-order chi connectivity index (χ0) is 21.5. The lowest BCUT2D eigenvalue weighted by Gasteiger charge is -2.30. The summed E-state index contributed by atoms with van der Waals surface area (Å²) >= 11 is 7.27. The molecule has 0 unspecified atom stereocenters. The first-order chi connectivity index (χ1) is 14.2. The predicted molar refractivity (Wildman–Crippen MR) is 111 cm³/mol. The van der Waals surface area contributed by atoms with Gasteiger partial charge in [0.1, 0.15) is 0 Å². The van der Waals surface area contributed by atoms with Crippen LogP contribution < -0.4 is 5.32 Å². The third-order valence-corrected chi connectivity index (χ3v) is 8.00. The van der Waals surface area contributed by atoms with Gasteiger partial charge < -0.3 is 5.32 Å². The minimum atomic E-state index is -3.96. The van der Waals surface area contributed by atoms with Crippen molar-refractivity contribution in [2.24, 2.45) is 5.92 Å². The molecule has 1 N–H and O–H groups in total. The molecule has 158 valence electrons. The molecule has 0 radical (unpaired) electrons. The molecule has 2 aromatic carbocycles. The van der Waals surface area contributed by atoms with Crippen molar-refractivity contribution in [2.45, 2.75) is 17.7 Å². The maximum Gasteiger partial charge on any atom is 0.243 e. The number of anilines is 1. The van der Waals surface area contributed by atoms with E-state index in [0.717, 1.165) is 22.3 Å². The van der Waals surface area contributed by atoms with Crippen molar-refractivity contribution in [1.82, 2.24) is 9.29 Å². The molecule has 1 aromatic heterocycles. The van der Waals surface area contributed by atoms with Crippen molar-refractivity contribution in [3.05, 3.63) is 53.1 Å². The number of carbonyl (C=O) groups excluding carboxylic acids is 1. The molecule has 2 heterocycles. The number of piperidine rings is 1. The molecule has 1 fully saturated rings. The number of hydrogen-bond donors (Lipinski definition) is 1. The molecule has 3 aromatic rings. The molecular formula is C19H16ClF2N3O3S2. The third kappa shape index (κ3) is 4.18. The number of hydrogen-bond acceptors (Lipinski definition) is 5. The molecule has 30 heavy (non-hydrogen) atoms. The minimum absolute atomic E-state index is 0.106. The van der Waals surface area contributed by atoms with E-state index in [4.69, 9.17) is 11.6 Å². The summed E-state index contributed by atoms with van der Waals surface area (Å²) in [5.74, 6) is -2.94. The maximum absolute atomic E-state index is 13.4. The van der Waals surface area contributed by atoms with Crippen molar-refractivity contribution in [3.63, 3.8) is 0 Å². The molecule has 1 amide bonds. The number of fused-ring (bicyclic) bond motifs is 1. The van der Waals surface area contributed by atoms with Gasteiger partial charge in [0.2, 0.25) is 15.9 Å². The van der Waals surface area contributed by atoms with Crippen LogP contribution in [-0.4, -0.2) is 36.7 Å². The summed E-state index contributed by atoms with van der Waals surface area (Å²) in [6.45, 7) is 0.212. The monoisotopic (exact) mass is 471 g/mol. The smallest absolute Gasteiger partial charge is 0.243 e. The Morgan fingerprint density at radius 2 is 1.87 bits per heavy atom. The highest BCUT2D eigenvalue weighted by atomic mass is 35.5. The quantitative estimate of drug-likeness (QED) is 0.616. The summed E-state index contributed by atoms with van der Waals surface area (Å²) in [7, 11) is -3.96. The van der Waals surface area contributed by atoms with Gasteiger partial charge in [-0.2, -0.15) is 4.31 Å². The van der Waals surface area contributed by atoms with Gasteiger partial charge in [0.15, 0.2) is 16.8 Å². The van der Waals surface area contributed by atoms with E-state index in [2.05, 4.69) is 10.3 Å². The number of nitrogens with one attached hydrogen (secondary N) is 1. The van der Waals surface area contributed by atoms with Gasteiger partial charge in [-0.25, -0.2) is 22.2 Å².